The monoisotopic (exact) mass is 148 g/mol. The van der Waals surface area contributed by atoms with E-state index in [1.807, 2.05) is 18.2 Å². The molecule has 0 spiro atoms. The highest BCUT2D eigenvalue weighted by molar-refractivity contribution is 5.23. The van der Waals surface area contributed by atoms with Crippen molar-refractivity contribution < 1.29 is 0 Å². The molecule has 1 N–H and O–H groups in total. The number of nitrogens with one attached hydrogen (secondary N) is 1. The second-order valence-corrected chi connectivity index (χ2v) is 2.29. The first kappa shape index (κ1) is 7.95. The summed E-state index contributed by atoms with van der Waals surface area (Å²) < 4.78 is 0. The van der Waals surface area contributed by atoms with Crippen LogP contribution in [0.1, 0.15) is 5.56 Å². The molecular weight excluding hydrogens is 136 g/mol. The number of rotatable bonds is 4. The molecule has 1 rings (SSSR count). The molecule has 11 heavy (non-hydrogen) atoms. The van der Waals surface area contributed by atoms with Crippen LogP contribution in [-0.2, 0) is 6.54 Å². The normalized spacial score (nSPS) is 9.45. The Balaban J connectivity index is 2.33. The van der Waals surface area contributed by atoms with E-state index in [1.54, 1.807) is 0 Å². The highest BCUT2D eigenvalue weighted by Gasteiger charge is 1.86. The van der Waals surface area contributed by atoms with Crippen molar-refractivity contribution in [1.82, 2.24) is 5.32 Å². The first-order valence-electron chi connectivity index (χ1n) is 3.60. The Morgan fingerprint density at radius 2 is 2.00 bits per heavy atom. The predicted octanol–water partition coefficient (Wildman–Crippen LogP) is 1.43. The Bertz CT molecular complexity index is 206. The lowest BCUT2D eigenvalue weighted by Crippen LogP contribution is -2.12. The molecule has 2 heteroatoms. The SMILES string of the molecule is C=NCNCc1ccccc1. The second-order valence-electron chi connectivity index (χ2n) is 2.29. The zero-order valence-electron chi connectivity index (χ0n) is 6.46. The van der Waals surface area contributed by atoms with Crippen molar-refractivity contribution in [3.63, 3.8) is 0 Å². The molecule has 0 unspecified atom stereocenters. The van der Waals surface area contributed by atoms with Gasteiger partial charge in [0.25, 0.3) is 0 Å². The molecule has 0 amide bonds. The van der Waals surface area contributed by atoms with E-state index in [4.69, 9.17) is 0 Å². The molecule has 0 saturated carbocycles. The van der Waals surface area contributed by atoms with E-state index < -0.39 is 0 Å². The Kier molecular flexibility index (Phi) is 3.35. The van der Waals surface area contributed by atoms with Crippen LogP contribution in [0.25, 0.3) is 0 Å². The fraction of sp³-hybridized carbons (Fsp3) is 0.222. The minimum Gasteiger partial charge on any atom is -0.294 e. The third-order valence-electron chi connectivity index (χ3n) is 1.40. The Morgan fingerprint density at radius 1 is 1.27 bits per heavy atom. The average Bonchev–Trinajstić information content (AvgIpc) is 2.07. The number of benzene rings is 1. The third kappa shape index (κ3) is 2.96. The molecule has 0 radical (unpaired) electrons. The van der Waals surface area contributed by atoms with E-state index in [9.17, 15) is 0 Å². The molecule has 0 bridgehead atoms. The van der Waals surface area contributed by atoms with Crippen LogP contribution in [-0.4, -0.2) is 13.4 Å². The third-order valence-corrected chi connectivity index (χ3v) is 1.40. The second kappa shape index (κ2) is 4.63. The number of hydrogen-bond donors (Lipinski definition) is 1. The summed E-state index contributed by atoms with van der Waals surface area (Å²) in [6.45, 7) is 4.86. The summed E-state index contributed by atoms with van der Waals surface area (Å²) in [7, 11) is 0. The van der Waals surface area contributed by atoms with Crippen molar-refractivity contribution >= 4 is 6.72 Å². The first-order valence-corrected chi connectivity index (χ1v) is 3.60. The molecule has 58 valence electrons. The smallest absolute Gasteiger partial charge is 0.0879 e. The van der Waals surface area contributed by atoms with Gasteiger partial charge < -0.3 is 0 Å². The standard InChI is InChI=1S/C9H12N2/c1-10-8-11-7-9-5-3-2-4-6-9/h2-6,11H,1,7-8H2. The summed E-state index contributed by atoms with van der Waals surface area (Å²) in [6, 6.07) is 10.2. The van der Waals surface area contributed by atoms with E-state index in [1.165, 1.54) is 5.56 Å². The minimum absolute atomic E-state index is 0.620. The lowest BCUT2D eigenvalue weighted by atomic mass is 10.2. The van der Waals surface area contributed by atoms with Gasteiger partial charge in [0.15, 0.2) is 0 Å². The van der Waals surface area contributed by atoms with Gasteiger partial charge in [-0.1, -0.05) is 30.3 Å². The van der Waals surface area contributed by atoms with Gasteiger partial charge in [-0.15, -0.1) is 0 Å². The molecule has 2 nitrogen and oxygen atoms in total. The summed E-state index contributed by atoms with van der Waals surface area (Å²) in [5.74, 6) is 0. The van der Waals surface area contributed by atoms with E-state index in [2.05, 4.69) is 29.2 Å². The zero-order valence-corrected chi connectivity index (χ0v) is 6.46. The Labute approximate surface area is 67.0 Å². The van der Waals surface area contributed by atoms with Gasteiger partial charge >= 0.3 is 0 Å². The molecule has 0 atom stereocenters. The topological polar surface area (TPSA) is 24.4 Å². The molecule has 0 aliphatic rings. The van der Waals surface area contributed by atoms with E-state index in [0.717, 1.165) is 6.54 Å². The molecule has 0 heterocycles. The maximum atomic E-state index is 3.69. The fourth-order valence-corrected chi connectivity index (χ4v) is 0.875. The van der Waals surface area contributed by atoms with Gasteiger partial charge in [-0.2, -0.15) is 0 Å². The van der Waals surface area contributed by atoms with Crippen LogP contribution in [0.15, 0.2) is 35.3 Å². The summed E-state index contributed by atoms with van der Waals surface area (Å²) in [4.78, 5) is 3.69. The van der Waals surface area contributed by atoms with Crippen LogP contribution in [0, 0.1) is 0 Å². The highest BCUT2D eigenvalue weighted by atomic mass is 15.0. The highest BCUT2D eigenvalue weighted by Crippen LogP contribution is 1.96. The maximum Gasteiger partial charge on any atom is 0.0879 e. The molecule has 0 aromatic heterocycles. The van der Waals surface area contributed by atoms with Gasteiger partial charge in [0.2, 0.25) is 0 Å². The van der Waals surface area contributed by atoms with Crippen molar-refractivity contribution in [3.8, 4) is 0 Å². The van der Waals surface area contributed by atoms with Gasteiger partial charge in [-0.3, -0.25) is 10.3 Å². The van der Waals surface area contributed by atoms with E-state index in [-0.39, 0.29) is 0 Å². The lowest BCUT2D eigenvalue weighted by Gasteiger charge is -1.99. The number of nitrogens with zero attached hydrogens (tertiary/aromatic N) is 1. The van der Waals surface area contributed by atoms with Crippen LogP contribution in [0.5, 0.6) is 0 Å². The van der Waals surface area contributed by atoms with E-state index in [0.29, 0.717) is 6.67 Å². The summed E-state index contributed by atoms with van der Waals surface area (Å²) in [6.07, 6.45) is 0. The molecular formula is C9H12N2. The van der Waals surface area contributed by atoms with Crippen LogP contribution < -0.4 is 5.32 Å². The zero-order chi connectivity index (χ0) is 7.94. The van der Waals surface area contributed by atoms with Crippen molar-refractivity contribution in [1.29, 1.82) is 0 Å². The molecule has 0 aliphatic heterocycles. The summed E-state index contributed by atoms with van der Waals surface area (Å²) >= 11 is 0. The average molecular weight is 148 g/mol. The summed E-state index contributed by atoms with van der Waals surface area (Å²) in [5, 5.41) is 3.12. The van der Waals surface area contributed by atoms with Gasteiger partial charge in [-0.05, 0) is 12.3 Å². The van der Waals surface area contributed by atoms with Crippen LogP contribution in [0.2, 0.25) is 0 Å². The van der Waals surface area contributed by atoms with Crippen LogP contribution in [0.4, 0.5) is 0 Å². The Hall–Kier alpha value is -1.15. The van der Waals surface area contributed by atoms with Crippen LogP contribution in [0.3, 0.4) is 0 Å². The molecule has 0 aliphatic carbocycles. The number of hydrogen-bond acceptors (Lipinski definition) is 2. The van der Waals surface area contributed by atoms with Crippen molar-refractivity contribution in [2.75, 3.05) is 6.67 Å². The minimum atomic E-state index is 0.620. The fourth-order valence-electron chi connectivity index (χ4n) is 0.875. The van der Waals surface area contributed by atoms with E-state index >= 15 is 0 Å². The molecule has 1 aromatic carbocycles. The predicted molar refractivity (Wildman–Crippen MR) is 47.7 cm³/mol. The molecule has 1 aromatic rings. The molecule has 0 fully saturated rings. The maximum absolute atomic E-state index is 3.69. The largest absolute Gasteiger partial charge is 0.294 e. The van der Waals surface area contributed by atoms with Gasteiger partial charge in [0, 0.05) is 6.54 Å². The van der Waals surface area contributed by atoms with Crippen molar-refractivity contribution in [2.24, 2.45) is 4.99 Å². The quantitative estimate of drug-likeness (QED) is 0.507. The lowest BCUT2D eigenvalue weighted by molar-refractivity contribution is 0.713. The van der Waals surface area contributed by atoms with Gasteiger partial charge in [0.1, 0.15) is 0 Å². The van der Waals surface area contributed by atoms with Crippen molar-refractivity contribution in [2.45, 2.75) is 6.54 Å². The summed E-state index contributed by atoms with van der Waals surface area (Å²) in [5.41, 5.74) is 1.27. The first-order chi connectivity index (χ1) is 5.43. The van der Waals surface area contributed by atoms with Gasteiger partial charge in [-0.25, -0.2) is 0 Å². The van der Waals surface area contributed by atoms with Gasteiger partial charge in [0.05, 0.1) is 6.67 Å². The number of aliphatic imine (C=N–C) groups is 1. The Morgan fingerprint density at radius 3 is 2.64 bits per heavy atom. The van der Waals surface area contributed by atoms with Crippen LogP contribution >= 0.6 is 0 Å². The molecule has 0 saturated heterocycles. The van der Waals surface area contributed by atoms with Crippen molar-refractivity contribution in [3.05, 3.63) is 35.9 Å².